The Balaban J connectivity index is 2.69. The molecule has 1 unspecified atom stereocenters. The van der Waals surface area contributed by atoms with E-state index >= 15 is 0 Å². The summed E-state index contributed by atoms with van der Waals surface area (Å²) in [5.41, 5.74) is 6.66. The molecule has 0 aliphatic carbocycles. The Morgan fingerprint density at radius 2 is 2.42 bits per heavy atom. The van der Waals surface area contributed by atoms with Gasteiger partial charge in [-0.25, -0.2) is 0 Å². The summed E-state index contributed by atoms with van der Waals surface area (Å²) in [5.74, 6) is 0. The van der Waals surface area contributed by atoms with Gasteiger partial charge in [0.2, 0.25) is 0 Å². The number of aromatic nitrogens is 1. The van der Waals surface area contributed by atoms with E-state index in [1.54, 1.807) is 12.4 Å². The van der Waals surface area contributed by atoms with E-state index in [1.165, 1.54) is 0 Å². The lowest BCUT2D eigenvalue weighted by Gasteiger charge is -2.08. The van der Waals surface area contributed by atoms with E-state index in [0.717, 1.165) is 10.0 Å². The van der Waals surface area contributed by atoms with Crippen LogP contribution in [-0.2, 0) is 6.42 Å². The van der Waals surface area contributed by atoms with Crippen LogP contribution < -0.4 is 5.73 Å². The number of aliphatic hydroxyl groups excluding tert-OH is 1. The smallest absolute Gasteiger partial charge is 0.0585 e. The maximum Gasteiger partial charge on any atom is 0.0585 e. The lowest BCUT2D eigenvalue weighted by Crippen LogP contribution is -2.26. The Bertz CT molecular complexity index is 255. The van der Waals surface area contributed by atoms with Crippen LogP contribution in [0.1, 0.15) is 5.56 Å². The van der Waals surface area contributed by atoms with Gasteiger partial charge in [0.15, 0.2) is 0 Å². The molecule has 0 aliphatic rings. The molecule has 4 heteroatoms. The molecule has 0 fully saturated rings. The Labute approximate surface area is 79.7 Å². The van der Waals surface area contributed by atoms with Crippen molar-refractivity contribution in [2.75, 3.05) is 6.61 Å². The molecule has 1 heterocycles. The van der Waals surface area contributed by atoms with Gasteiger partial charge in [0.05, 0.1) is 6.61 Å². The second-order valence-corrected chi connectivity index (χ2v) is 3.47. The lowest BCUT2D eigenvalue weighted by atomic mass is 10.1. The number of hydrogen-bond acceptors (Lipinski definition) is 3. The van der Waals surface area contributed by atoms with E-state index in [1.807, 2.05) is 6.07 Å². The van der Waals surface area contributed by atoms with Gasteiger partial charge in [0.1, 0.15) is 0 Å². The average molecular weight is 231 g/mol. The molecule has 0 aromatic carbocycles. The van der Waals surface area contributed by atoms with Crippen LogP contribution in [0.5, 0.6) is 0 Å². The Morgan fingerprint density at radius 1 is 1.67 bits per heavy atom. The molecule has 0 bridgehead atoms. The molecule has 66 valence electrons. The number of pyridine rings is 1. The number of halogens is 1. The van der Waals surface area contributed by atoms with Gasteiger partial charge < -0.3 is 10.8 Å². The van der Waals surface area contributed by atoms with E-state index in [9.17, 15) is 0 Å². The second kappa shape index (κ2) is 4.54. The zero-order valence-corrected chi connectivity index (χ0v) is 8.16. The van der Waals surface area contributed by atoms with Gasteiger partial charge in [-0.2, -0.15) is 0 Å². The summed E-state index contributed by atoms with van der Waals surface area (Å²) in [7, 11) is 0. The first-order chi connectivity index (χ1) is 5.74. The average Bonchev–Trinajstić information content (AvgIpc) is 2.09. The van der Waals surface area contributed by atoms with Gasteiger partial charge in [-0.05, 0) is 34.0 Å². The molecule has 1 aromatic rings. The van der Waals surface area contributed by atoms with Crippen molar-refractivity contribution in [2.24, 2.45) is 5.73 Å². The van der Waals surface area contributed by atoms with Gasteiger partial charge in [-0.15, -0.1) is 0 Å². The quantitative estimate of drug-likeness (QED) is 0.805. The third-order valence-electron chi connectivity index (χ3n) is 1.57. The molecule has 3 N–H and O–H groups in total. The van der Waals surface area contributed by atoms with Gasteiger partial charge in [-0.1, -0.05) is 0 Å². The van der Waals surface area contributed by atoms with Crippen LogP contribution in [-0.4, -0.2) is 22.7 Å². The second-order valence-electron chi connectivity index (χ2n) is 2.61. The summed E-state index contributed by atoms with van der Waals surface area (Å²) in [6, 6.07) is 1.70. The number of aliphatic hydroxyl groups is 1. The van der Waals surface area contributed by atoms with Crippen LogP contribution in [0.2, 0.25) is 0 Å². The SMILES string of the molecule is NC(CO)Cc1ccncc1Br. The van der Waals surface area contributed by atoms with Crippen molar-refractivity contribution in [1.82, 2.24) is 4.98 Å². The molecule has 0 saturated heterocycles. The monoisotopic (exact) mass is 230 g/mol. The highest BCUT2D eigenvalue weighted by Crippen LogP contribution is 2.15. The standard InChI is InChI=1S/C8H11BrN2O/c9-8-4-11-2-1-6(8)3-7(10)5-12/h1-2,4,7,12H,3,5,10H2. The summed E-state index contributed by atoms with van der Waals surface area (Å²) >= 11 is 3.35. The van der Waals surface area contributed by atoms with Gasteiger partial charge >= 0.3 is 0 Å². The molecule has 1 aromatic heterocycles. The first-order valence-electron chi connectivity index (χ1n) is 3.69. The van der Waals surface area contributed by atoms with Crippen LogP contribution in [0.25, 0.3) is 0 Å². The van der Waals surface area contributed by atoms with Crippen LogP contribution in [0.3, 0.4) is 0 Å². The third kappa shape index (κ3) is 2.55. The summed E-state index contributed by atoms with van der Waals surface area (Å²) in [6.45, 7) is 0.00869. The molecule has 0 spiro atoms. The van der Waals surface area contributed by atoms with Crippen LogP contribution in [0, 0.1) is 0 Å². The normalized spacial score (nSPS) is 12.9. The largest absolute Gasteiger partial charge is 0.395 e. The predicted molar refractivity (Wildman–Crippen MR) is 50.7 cm³/mol. The molecular formula is C8H11BrN2O. The fourth-order valence-corrected chi connectivity index (χ4v) is 1.33. The molecule has 1 rings (SSSR count). The van der Waals surface area contributed by atoms with Crippen molar-refractivity contribution >= 4 is 15.9 Å². The minimum Gasteiger partial charge on any atom is -0.395 e. The highest BCUT2D eigenvalue weighted by molar-refractivity contribution is 9.10. The molecule has 0 saturated carbocycles. The highest BCUT2D eigenvalue weighted by Gasteiger charge is 2.04. The zero-order chi connectivity index (χ0) is 8.97. The zero-order valence-electron chi connectivity index (χ0n) is 6.57. The Kier molecular flexibility index (Phi) is 3.65. The van der Waals surface area contributed by atoms with Crippen molar-refractivity contribution in [2.45, 2.75) is 12.5 Å². The Morgan fingerprint density at radius 3 is 3.00 bits per heavy atom. The third-order valence-corrected chi connectivity index (χ3v) is 2.29. The van der Waals surface area contributed by atoms with Gasteiger partial charge in [0.25, 0.3) is 0 Å². The summed E-state index contributed by atoms with van der Waals surface area (Å²) in [4.78, 5) is 3.93. The first-order valence-corrected chi connectivity index (χ1v) is 4.48. The number of rotatable bonds is 3. The highest BCUT2D eigenvalue weighted by atomic mass is 79.9. The minimum absolute atomic E-state index is 0.00869. The van der Waals surface area contributed by atoms with Crippen LogP contribution in [0.4, 0.5) is 0 Å². The fraction of sp³-hybridized carbons (Fsp3) is 0.375. The van der Waals surface area contributed by atoms with Crippen molar-refractivity contribution < 1.29 is 5.11 Å². The fourth-order valence-electron chi connectivity index (χ4n) is 0.917. The van der Waals surface area contributed by atoms with E-state index < -0.39 is 0 Å². The number of nitrogens with zero attached hydrogens (tertiary/aromatic N) is 1. The Hall–Kier alpha value is -0.450. The van der Waals surface area contributed by atoms with Crippen molar-refractivity contribution in [3.63, 3.8) is 0 Å². The summed E-state index contributed by atoms with van der Waals surface area (Å²) in [5, 5.41) is 8.73. The lowest BCUT2D eigenvalue weighted by molar-refractivity contribution is 0.265. The molecule has 1 atom stereocenters. The molecule has 0 amide bonds. The van der Waals surface area contributed by atoms with E-state index in [-0.39, 0.29) is 12.6 Å². The first kappa shape index (κ1) is 9.64. The number of hydrogen-bond donors (Lipinski definition) is 2. The summed E-state index contributed by atoms with van der Waals surface area (Å²) in [6.07, 6.45) is 4.10. The number of nitrogens with two attached hydrogens (primary N) is 1. The van der Waals surface area contributed by atoms with E-state index in [2.05, 4.69) is 20.9 Å². The van der Waals surface area contributed by atoms with Gasteiger partial charge in [-0.3, -0.25) is 4.98 Å². The van der Waals surface area contributed by atoms with Crippen molar-refractivity contribution in [3.05, 3.63) is 28.5 Å². The van der Waals surface area contributed by atoms with Crippen molar-refractivity contribution in [3.8, 4) is 0 Å². The molecule has 3 nitrogen and oxygen atoms in total. The van der Waals surface area contributed by atoms with E-state index in [0.29, 0.717) is 6.42 Å². The summed E-state index contributed by atoms with van der Waals surface area (Å²) < 4.78 is 0.939. The molecule has 0 radical (unpaired) electrons. The topological polar surface area (TPSA) is 59.1 Å². The predicted octanol–water partition coefficient (Wildman–Crippen LogP) is 0.706. The molecule has 0 aliphatic heterocycles. The van der Waals surface area contributed by atoms with Crippen LogP contribution >= 0.6 is 15.9 Å². The minimum atomic E-state index is -0.191. The van der Waals surface area contributed by atoms with Crippen LogP contribution in [0.15, 0.2) is 22.9 Å². The molecular weight excluding hydrogens is 220 g/mol. The molecule has 12 heavy (non-hydrogen) atoms. The maximum absolute atomic E-state index is 8.73. The van der Waals surface area contributed by atoms with E-state index in [4.69, 9.17) is 10.8 Å². The maximum atomic E-state index is 8.73. The van der Waals surface area contributed by atoms with Crippen molar-refractivity contribution in [1.29, 1.82) is 0 Å². The van der Waals surface area contributed by atoms with Gasteiger partial charge in [0, 0.05) is 22.9 Å².